The Bertz CT molecular complexity index is 1600. The fourth-order valence-electron chi connectivity index (χ4n) is 4.29. The van der Waals surface area contributed by atoms with E-state index in [4.69, 9.17) is 16.3 Å². The van der Waals surface area contributed by atoms with E-state index < -0.39 is 57.5 Å². The van der Waals surface area contributed by atoms with Gasteiger partial charge in [-0.3, -0.25) is 9.69 Å². The average molecular weight is 640 g/mol. The monoisotopic (exact) mass is 639 g/mol. The molecule has 0 N–H and O–H groups in total. The Morgan fingerprint density at radius 3 is 2.05 bits per heavy atom. The van der Waals surface area contributed by atoms with Crippen molar-refractivity contribution in [1.29, 1.82) is 0 Å². The second-order valence-electron chi connectivity index (χ2n) is 9.00. The molecule has 15 heteroatoms. The molecule has 1 saturated carbocycles. The number of halogens is 9. The molecule has 0 heterocycles. The lowest BCUT2D eigenvalue weighted by molar-refractivity contribution is -0.160. The summed E-state index contributed by atoms with van der Waals surface area (Å²) in [7, 11) is 1.18. The number of nitrogens with zero attached hydrogens (tertiary/aromatic N) is 1. The molecule has 1 fully saturated rings. The van der Waals surface area contributed by atoms with Crippen molar-refractivity contribution < 1.29 is 53.0 Å². The number of hydrogen-bond donors (Lipinski definition) is 0. The van der Waals surface area contributed by atoms with Crippen LogP contribution in [0, 0.1) is 29.1 Å². The SMILES string of the molecule is C/C=C\c1cc(S(=O)Oc2c(F)c(F)c(F)c(F)c2F)ccc1N(C=O)c1cc(Cl)c(C2(C(F)(F)F)CC2)cc1OC. The summed E-state index contributed by atoms with van der Waals surface area (Å²) in [4.78, 5) is 13.0. The number of allylic oxidation sites excluding steroid dienone is 1. The third kappa shape index (κ3) is 5.33. The van der Waals surface area contributed by atoms with Gasteiger partial charge in [0.1, 0.15) is 5.75 Å². The summed E-state index contributed by atoms with van der Waals surface area (Å²) < 4.78 is 132. The van der Waals surface area contributed by atoms with Crippen LogP contribution in [-0.2, 0) is 21.3 Å². The van der Waals surface area contributed by atoms with Crippen LogP contribution in [0.25, 0.3) is 6.08 Å². The Morgan fingerprint density at radius 2 is 1.55 bits per heavy atom. The highest BCUT2D eigenvalue weighted by molar-refractivity contribution is 7.80. The molecule has 42 heavy (non-hydrogen) atoms. The zero-order valence-corrected chi connectivity index (χ0v) is 23.0. The predicted octanol–water partition coefficient (Wildman–Crippen LogP) is 8.07. The first-order chi connectivity index (χ1) is 19.7. The molecule has 3 aromatic carbocycles. The van der Waals surface area contributed by atoms with Gasteiger partial charge in [-0.1, -0.05) is 23.8 Å². The van der Waals surface area contributed by atoms with E-state index in [1.807, 2.05) is 0 Å². The Balaban J connectivity index is 1.76. The molecule has 1 amide bonds. The molecule has 1 aliphatic carbocycles. The fraction of sp³-hybridized carbons (Fsp3) is 0.222. The minimum absolute atomic E-state index is 0.0449. The van der Waals surface area contributed by atoms with Crippen LogP contribution in [0.2, 0.25) is 5.02 Å². The van der Waals surface area contributed by atoms with Crippen LogP contribution in [0.15, 0.2) is 41.3 Å². The minimum Gasteiger partial charge on any atom is -0.495 e. The minimum atomic E-state index is -4.57. The highest BCUT2D eigenvalue weighted by Crippen LogP contribution is 2.61. The standard InChI is InChI=1S/C27H18ClF8NO4S/c1-3-4-13-9-14(42(39)41-25-23(32)21(30)20(29)22(31)24(25)33)5-6-17(13)37(12-38)18-11-16(28)15(10-19(18)40-2)26(7-8-26)27(34,35)36/h3-6,9-12H,7-8H2,1-2H3/b4-3-. The van der Waals surface area contributed by atoms with Crippen molar-refractivity contribution >= 4 is 46.5 Å². The van der Waals surface area contributed by atoms with Crippen molar-refractivity contribution in [2.45, 2.75) is 36.3 Å². The van der Waals surface area contributed by atoms with Crippen molar-refractivity contribution in [2.75, 3.05) is 12.0 Å². The smallest absolute Gasteiger partial charge is 0.398 e. The first-order valence-corrected chi connectivity index (χ1v) is 13.2. The quantitative estimate of drug-likeness (QED) is 0.103. The van der Waals surface area contributed by atoms with Crippen LogP contribution >= 0.6 is 11.6 Å². The second kappa shape index (κ2) is 11.6. The zero-order chi connectivity index (χ0) is 31.1. The van der Waals surface area contributed by atoms with E-state index in [0.717, 1.165) is 29.2 Å². The number of ether oxygens (including phenoxy) is 1. The molecule has 0 aromatic heterocycles. The average Bonchev–Trinajstić information content (AvgIpc) is 3.77. The maximum Gasteiger partial charge on any atom is 0.398 e. The summed E-state index contributed by atoms with van der Waals surface area (Å²) in [5.41, 5.74) is -2.20. The van der Waals surface area contributed by atoms with Crippen LogP contribution in [0.3, 0.4) is 0 Å². The molecule has 1 aliphatic rings. The molecule has 0 radical (unpaired) electrons. The summed E-state index contributed by atoms with van der Waals surface area (Å²) in [6, 6.07) is 5.66. The maximum atomic E-state index is 14.0. The van der Waals surface area contributed by atoms with E-state index in [9.17, 15) is 44.1 Å². The molecule has 0 spiro atoms. The molecule has 5 nitrogen and oxygen atoms in total. The van der Waals surface area contributed by atoms with Gasteiger partial charge in [-0.25, -0.2) is 17.4 Å². The topological polar surface area (TPSA) is 55.8 Å². The number of benzene rings is 3. The molecular formula is C27H18ClF8NO4S. The van der Waals surface area contributed by atoms with Gasteiger partial charge < -0.3 is 8.92 Å². The van der Waals surface area contributed by atoms with Crippen molar-refractivity contribution in [3.8, 4) is 11.5 Å². The third-order valence-corrected chi connectivity index (χ3v) is 7.84. The lowest BCUT2D eigenvalue weighted by Crippen LogP contribution is -2.29. The van der Waals surface area contributed by atoms with E-state index in [0.29, 0.717) is 6.41 Å². The highest BCUT2D eigenvalue weighted by atomic mass is 35.5. The second-order valence-corrected chi connectivity index (χ2v) is 10.5. The number of rotatable bonds is 9. The first-order valence-electron chi connectivity index (χ1n) is 11.8. The number of anilines is 2. The van der Waals surface area contributed by atoms with Crippen LogP contribution in [0.1, 0.15) is 30.9 Å². The Kier molecular flexibility index (Phi) is 8.61. The molecule has 3 aromatic rings. The van der Waals surface area contributed by atoms with Gasteiger partial charge in [0.05, 0.1) is 28.8 Å². The Labute approximate surface area is 240 Å². The van der Waals surface area contributed by atoms with Crippen molar-refractivity contribution in [1.82, 2.24) is 0 Å². The summed E-state index contributed by atoms with van der Waals surface area (Å²) in [5, 5.41) is -0.269. The van der Waals surface area contributed by atoms with E-state index in [1.165, 1.54) is 25.3 Å². The maximum absolute atomic E-state index is 14.0. The first kappa shape index (κ1) is 31.3. The molecular weight excluding hydrogens is 622 g/mol. The zero-order valence-electron chi connectivity index (χ0n) is 21.4. The molecule has 0 aliphatic heterocycles. The van der Waals surface area contributed by atoms with Crippen molar-refractivity contribution in [3.63, 3.8) is 0 Å². The molecule has 4 rings (SSSR count). The molecule has 1 unspecified atom stereocenters. The van der Waals surface area contributed by atoms with Gasteiger partial charge in [-0.05, 0) is 61.2 Å². The van der Waals surface area contributed by atoms with Gasteiger partial charge in [-0.2, -0.15) is 22.0 Å². The van der Waals surface area contributed by atoms with E-state index in [2.05, 4.69) is 4.18 Å². The van der Waals surface area contributed by atoms with Gasteiger partial charge >= 0.3 is 6.18 Å². The number of hydrogen-bond acceptors (Lipinski definition) is 4. The largest absolute Gasteiger partial charge is 0.495 e. The molecule has 1 atom stereocenters. The Hall–Kier alpha value is -3.65. The van der Waals surface area contributed by atoms with Crippen LogP contribution < -0.4 is 13.8 Å². The van der Waals surface area contributed by atoms with Crippen molar-refractivity contribution in [3.05, 3.63) is 81.6 Å². The van der Waals surface area contributed by atoms with Crippen LogP contribution in [0.5, 0.6) is 11.5 Å². The van der Waals surface area contributed by atoms with Gasteiger partial charge in [0.2, 0.25) is 52.3 Å². The predicted molar refractivity (Wildman–Crippen MR) is 138 cm³/mol. The number of methoxy groups -OCH3 is 1. The van der Waals surface area contributed by atoms with Gasteiger partial charge in [0.25, 0.3) is 0 Å². The lowest BCUT2D eigenvalue weighted by atomic mass is 9.94. The highest BCUT2D eigenvalue weighted by Gasteiger charge is 2.65. The third-order valence-electron chi connectivity index (χ3n) is 6.57. The lowest BCUT2D eigenvalue weighted by Gasteiger charge is -2.26. The fourth-order valence-corrected chi connectivity index (χ4v) is 5.42. The number of amides is 1. The van der Waals surface area contributed by atoms with Crippen LogP contribution in [0.4, 0.5) is 46.5 Å². The number of carbonyl (C=O) groups excluding carboxylic acids is 1. The molecule has 0 saturated heterocycles. The van der Waals surface area contributed by atoms with E-state index in [1.54, 1.807) is 6.92 Å². The normalized spacial score (nSPS) is 15.0. The van der Waals surface area contributed by atoms with E-state index >= 15 is 0 Å². The number of carbonyl (C=O) groups is 1. The summed E-state index contributed by atoms with van der Waals surface area (Å²) >= 11 is 3.46. The van der Waals surface area contributed by atoms with Gasteiger partial charge in [0.15, 0.2) is 0 Å². The van der Waals surface area contributed by atoms with E-state index in [-0.39, 0.29) is 51.0 Å². The summed E-state index contributed by atoms with van der Waals surface area (Å²) in [6.45, 7) is 1.57. The number of alkyl halides is 3. The molecule has 0 bridgehead atoms. The summed E-state index contributed by atoms with van der Waals surface area (Å²) in [5.74, 6) is -13.6. The van der Waals surface area contributed by atoms with Crippen molar-refractivity contribution in [2.24, 2.45) is 0 Å². The Morgan fingerprint density at radius 1 is 0.952 bits per heavy atom. The van der Waals surface area contributed by atoms with Crippen LogP contribution in [-0.4, -0.2) is 23.9 Å². The summed E-state index contributed by atoms with van der Waals surface area (Å²) in [6.07, 6.45) is -1.70. The molecule has 224 valence electrons. The van der Waals surface area contributed by atoms with Gasteiger partial charge in [-0.15, -0.1) is 0 Å². The van der Waals surface area contributed by atoms with Gasteiger partial charge in [0, 0.05) is 5.02 Å².